The SMILES string of the molecule is COc1cc(F)cc(F)c1[C@@H](O)CCN. The van der Waals surface area contributed by atoms with Crippen molar-refractivity contribution in [2.24, 2.45) is 5.73 Å². The molecule has 0 aliphatic rings. The van der Waals surface area contributed by atoms with Crippen LogP contribution >= 0.6 is 0 Å². The van der Waals surface area contributed by atoms with Crippen LogP contribution in [0, 0.1) is 11.6 Å². The van der Waals surface area contributed by atoms with Gasteiger partial charge in [-0.05, 0) is 13.0 Å². The molecule has 15 heavy (non-hydrogen) atoms. The quantitative estimate of drug-likeness (QED) is 0.800. The van der Waals surface area contributed by atoms with Crippen molar-refractivity contribution in [3.63, 3.8) is 0 Å². The van der Waals surface area contributed by atoms with Crippen LogP contribution in [0.2, 0.25) is 0 Å². The third-order valence-electron chi connectivity index (χ3n) is 2.05. The number of aliphatic hydroxyl groups is 1. The molecule has 5 heteroatoms. The van der Waals surface area contributed by atoms with Crippen LogP contribution < -0.4 is 10.5 Å². The molecule has 0 radical (unpaired) electrons. The predicted octanol–water partition coefficient (Wildman–Crippen LogP) is 1.36. The molecule has 0 saturated carbocycles. The van der Waals surface area contributed by atoms with E-state index in [9.17, 15) is 13.9 Å². The van der Waals surface area contributed by atoms with Gasteiger partial charge in [-0.25, -0.2) is 8.78 Å². The fraction of sp³-hybridized carbons (Fsp3) is 0.400. The maximum atomic E-state index is 13.4. The average molecular weight is 217 g/mol. The van der Waals surface area contributed by atoms with Crippen molar-refractivity contribution < 1.29 is 18.6 Å². The molecule has 3 N–H and O–H groups in total. The lowest BCUT2D eigenvalue weighted by Crippen LogP contribution is -2.10. The Balaban J connectivity index is 3.14. The lowest BCUT2D eigenvalue weighted by molar-refractivity contribution is 0.161. The van der Waals surface area contributed by atoms with Crippen molar-refractivity contribution in [2.45, 2.75) is 12.5 Å². The fourth-order valence-corrected chi connectivity index (χ4v) is 1.36. The third-order valence-corrected chi connectivity index (χ3v) is 2.05. The number of rotatable bonds is 4. The molecule has 0 spiro atoms. The first-order valence-corrected chi connectivity index (χ1v) is 4.51. The minimum atomic E-state index is -1.08. The van der Waals surface area contributed by atoms with Crippen molar-refractivity contribution in [1.29, 1.82) is 0 Å². The van der Waals surface area contributed by atoms with E-state index in [0.717, 1.165) is 6.07 Å². The minimum absolute atomic E-state index is 0.00606. The lowest BCUT2D eigenvalue weighted by Gasteiger charge is -2.14. The highest BCUT2D eigenvalue weighted by Crippen LogP contribution is 2.30. The highest BCUT2D eigenvalue weighted by atomic mass is 19.1. The maximum Gasteiger partial charge on any atom is 0.135 e. The molecule has 3 nitrogen and oxygen atoms in total. The van der Waals surface area contributed by atoms with E-state index in [1.807, 2.05) is 0 Å². The summed E-state index contributed by atoms with van der Waals surface area (Å²) in [4.78, 5) is 0. The number of nitrogens with two attached hydrogens (primary N) is 1. The van der Waals surface area contributed by atoms with Gasteiger partial charge in [0.2, 0.25) is 0 Å². The molecule has 1 rings (SSSR count). The summed E-state index contributed by atoms with van der Waals surface area (Å²) >= 11 is 0. The molecule has 1 aromatic rings. The van der Waals surface area contributed by atoms with Crippen molar-refractivity contribution in [3.8, 4) is 5.75 Å². The zero-order valence-corrected chi connectivity index (χ0v) is 8.34. The van der Waals surface area contributed by atoms with Gasteiger partial charge in [-0.3, -0.25) is 0 Å². The van der Waals surface area contributed by atoms with Crippen LogP contribution in [0.25, 0.3) is 0 Å². The van der Waals surface area contributed by atoms with Gasteiger partial charge in [-0.2, -0.15) is 0 Å². The zero-order valence-electron chi connectivity index (χ0n) is 8.34. The molecule has 1 atom stereocenters. The summed E-state index contributed by atoms with van der Waals surface area (Å²) in [6.45, 7) is 0.209. The number of methoxy groups -OCH3 is 1. The summed E-state index contributed by atoms with van der Waals surface area (Å²) in [6.07, 6.45) is -0.885. The van der Waals surface area contributed by atoms with Gasteiger partial charge in [0.1, 0.15) is 17.4 Å². The van der Waals surface area contributed by atoms with Crippen LogP contribution in [0.5, 0.6) is 5.75 Å². The molecule has 0 unspecified atom stereocenters. The van der Waals surface area contributed by atoms with Crippen LogP contribution in [0.1, 0.15) is 18.1 Å². The summed E-state index contributed by atoms with van der Waals surface area (Å²) < 4.78 is 31.0. The predicted molar refractivity (Wildman–Crippen MR) is 51.5 cm³/mol. The van der Waals surface area contributed by atoms with Crippen molar-refractivity contribution >= 4 is 0 Å². The molecule has 0 saturated heterocycles. The van der Waals surface area contributed by atoms with Gasteiger partial charge in [0.15, 0.2) is 0 Å². The fourth-order valence-electron chi connectivity index (χ4n) is 1.36. The average Bonchev–Trinajstić information content (AvgIpc) is 2.16. The third kappa shape index (κ3) is 2.64. The van der Waals surface area contributed by atoms with Crippen LogP contribution in [0.3, 0.4) is 0 Å². The standard InChI is InChI=1S/C10H13F2NO2/c1-15-9-5-6(11)4-7(12)10(9)8(14)2-3-13/h4-5,8,14H,2-3,13H2,1H3/t8-/m0/s1. The van der Waals surface area contributed by atoms with Gasteiger partial charge >= 0.3 is 0 Å². The van der Waals surface area contributed by atoms with Gasteiger partial charge in [0.05, 0.1) is 18.8 Å². The van der Waals surface area contributed by atoms with E-state index in [2.05, 4.69) is 0 Å². The Bertz CT molecular complexity index is 344. The molecule has 1 aromatic carbocycles. The summed E-state index contributed by atoms with van der Waals surface area (Å²) in [5.74, 6) is -1.57. The van der Waals surface area contributed by atoms with Crippen LogP contribution in [-0.4, -0.2) is 18.8 Å². The van der Waals surface area contributed by atoms with Crippen molar-refractivity contribution in [1.82, 2.24) is 0 Å². The van der Waals surface area contributed by atoms with E-state index in [4.69, 9.17) is 10.5 Å². The van der Waals surface area contributed by atoms with Crippen LogP contribution in [0.4, 0.5) is 8.78 Å². The summed E-state index contributed by atoms with van der Waals surface area (Å²) in [5, 5.41) is 9.58. The first kappa shape index (κ1) is 11.9. The first-order chi connectivity index (χ1) is 7.10. The highest BCUT2D eigenvalue weighted by molar-refractivity contribution is 5.37. The van der Waals surface area contributed by atoms with E-state index >= 15 is 0 Å². The number of hydrogen-bond acceptors (Lipinski definition) is 3. The van der Waals surface area contributed by atoms with Gasteiger partial charge in [-0.15, -0.1) is 0 Å². The van der Waals surface area contributed by atoms with E-state index in [1.54, 1.807) is 0 Å². The summed E-state index contributed by atoms with van der Waals surface area (Å²) in [7, 11) is 1.28. The monoisotopic (exact) mass is 217 g/mol. The smallest absolute Gasteiger partial charge is 0.135 e. The number of ether oxygens (including phenoxy) is 1. The second-order valence-corrected chi connectivity index (χ2v) is 3.10. The molecule has 0 aliphatic carbocycles. The molecule has 0 aliphatic heterocycles. The Morgan fingerprint density at radius 1 is 1.47 bits per heavy atom. The Kier molecular flexibility index (Phi) is 3.99. The highest BCUT2D eigenvalue weighted by Gasteiger charge is 2.19. The van der Waals surface area contributed by atoms with Crippen molar-refractivity contribution in [3.05, 3.63) is 29.3 Å². The normalized spacial score (nSPS) is 12.6. The topological polar surface area (TPSA) is 55.5 Å². The van der Waals surface area contributed by atoms with Crippen molar-refractivity contribution in [2.75, 3.05) is 13.7 Å². The number of halogens is 2. The molecule has 84 valence electrons. The van der Waals surface area contributed by atoms with Gasteiger partial charge in [0.25, 0.3) is 0 Å². The number of hydrogen-bond donors (Lipinski definition) is 2. The van der Waals surface area contributed by atoms with Crippen LogP contribution in [0.15, 0.2) is 12.1 Å². The summed E-state index contributed by atoms with van der Waals surface area (Å²) in [5.41, 5.74) is 5.19. The Hall–Kier alpha value is -1.20. The Morgan fingerprint density at radius 3 is 2.67 bits per heavy atom. The van der Waals surface area contributed by atoms with Gasteiger partial charge in [-0.1, -0.05) is 0 Å². The summed E-state index contributed by atoms with van der Waals surface area (Å²) in [6, 6.07) is 1.73. The number of aliphatic hydroxyl groups excluding tert-OH is 1. The molecular formula is C10H13F2NO2. The minimum Gasteiger partial charge on any atom is -0.496 e. The lowest BCUT2D eigenvalue weighted by atomic mass is 10.0. The van der Waals surface area contributed by atoms with E-state index < -0.39 is 17.7 Å². The Morgan fingerprint density at radius 2 is 2.13 bits per heavy atom. The van der Waals surface area contributed by atoms with Gasteiger partial charge in [0, 0.05) is 12.1 Å². The second-order valence-electron chi connectivity index (χ2n) is 3.10. The zero-order chi connectivity index (χ0) is 11.4. The van der Waals surface area contributed by atoms with Crippen LogP contribution in [-0.2, 0) is 0 Å². The molecule has 0 fully saturated rings. The molecule has 0 heterocycles. The molecule has 0 aromatic heterocycles. The molecular weight excluding hydrogens is 204 g/mol. The number of benzene rings is 1. The Labute approximate surface area is 86.5 Å². The molecule has 0 amide bonds. The van der Waals surface area contributed by atoms with E-state index in [1.165, 1.54) is 7.11 Å². The second kappa shape index (κ2) is 5.04. The maximum absolute atomic E-state index is 13.4. The van der Waals surface area contributed by atoms with E-state index in [-0.39, 0.29) is 24.3 Å². The molecule has 0 bridgehead atoms. The van der Waals surface area contributed by atoms with E-state index in [0.29, 0.717) is 6.07 Å². The first-order valence-electron chi connectivity index (χ1n) is 4.51. The largest absolute Gasteiger partial charge is 0.496 e. The van der Waals surface area contributed by atoms with Gasteiger partial charge < -0.3 is 15.6 Å².